The predicted octanol–water partition coefficient (Wildman–Crippen LogP) is 0.998. The average Bonchev–Trinajstić information content (AvgIpc) is 2.38. The molecule has 1 aromatic rings. The highest BCUT2D eigenvalue weighted by Crippen LogP contribution is 2.28. The maximum absolute atomic E-state index is 11.9. The molecule has 5 nitrogen and oxygen atoms in total. The molecule has 2 atom stereocenters. The molecule has 2 rings (SSSR count). The Morgan fingerprint density at radius 1 is 1.10 bits per heavy atom. The lowest BCUT2D eigenvalue weighted by Crippen LogP contribution is -2.41. The summed E-state index contributed by atoms with van der Waals surface area (Å²) in [6.07, 6.45) is 3.63. The molecule has 5 heteroatoms. The molecule has 1 N–H and O–H groups in total. The molecule has 0 aromatic carbocycles. The first-order valence-electron chi connectivity index (χ1n) is 7.37. The summed E-state index contributed by atoms with van der Waals surface area (Å²) >= 11 is 0. The lowest BCUT2D eigenvalue weighted by molar-refractivity contribution is 0.237. The number of rotatable bonds is 3. The SMILES string of the molecule is CC1CC(C)CC(NCc2cc(=O)n(C)c(=O)n2C)C1. The van der Waals surface area contributed by atoms with E-state index in [1.807, 2.05) is 0 Å². The van der Waals surface area contributed by atoms with Crippen molar-refractivity contribution in [1.29, 1.82) is 0 Å². The lowest BCUT2D eigenvalue weighted by Gasteiger charge is -2.32. The van der Waals surface area contributed by atoms with E-state index in [1.54, 1.807) is 17.7 Å². The maximum Gasteiger partial charge on any atom is 0.330 e. The molecular formula is C15H25N3O2. The van der Waals surface area contributed by atoms with Crippen LogP contribution in [0.25, 0.3) is 0 Å². The van der Waals surface area contributed by atoms with Gasteiger partial charge in [0.25, 0.3) is 5.56 Å². The summed E-state index contributed by atoms with van der Waals surface area (Å²) in [5.74, 6) is 1.48. The summed E-state index contributed by atoms with van der Waals surface area (Å²) in [7, 11) is 3.22. The Morgan fingerprint density at radius 3 is 2.30 bits per heavy atom. The molecule has 0 bridgehead atoms. The third kappa shape index (κ3) is 3.20. The molecule has 112 valence electrons. The predicted molar refractivity (Wildman–Crippen MR) is 79.7 cm³/mol. The number of aromatic nitrogens is 2. The Morgan fingerprint density at radius 2 is 1.70 bits per heavy atom. The molecule has 1 heterocycles. The van der Waals surface area contributed by atoms with E-state index in [9.17, 15) is 9.59 Å². The zero-order valence-electron chi connectivity index (χ0n) is 12.8. The van der Waals surface area contributed by atoms with Crippen LogP contribution in [0, 0.1) is 11.8 Å². The first kappa shape index (κ1) is 15.0. The normalized spacial score (nSPS) is 26.7. The third-order valence-electron chi connectivity index (χ3n) is 4.38. The summed E-state index contributed by atoms with van der Waals surface area (Å²) in [5.41, 5.74) is 0.249. The second-order valence-corrected chi connectivity index (χ2v) is 6.37. The molecule has 0 saturated heterocycles. The van der Waals surface area contributed by atoms with Gasteiger partial charge in [0.1, 0.15) is 0 Å². The molecule has 2 unspecified atom stereocenters. The van der Waals surface area contributed by atoms with Crippen LogP contribution in [0.3, 0.4) is 0 Å². The third-order valence-corrected chi connectivity index (χ3v) is 4.38. The molecule has 1 aliphatic carbocycles. The fourth-order valence-electron chi connectivity index (χ4n) is 3.31. The highest BCUT2D eigenvalue weighted by Gasteiger charge is 2.23. The number of nitrogens with zero attached hydrogens (tertiary/aromatic N) is 2. The van der Waals surface area contributed by atoms with Crippen LogP contribution in [-0.2, 0) is 20.6 Å². The topological polar surface area (TPSA) is 56.0 Å². The van der Waals surface area contributed by atoms with Crippen molar-refractivity contribution < 1.29 is 0 Å². The van der Waals surface area contributed by atoms with Gasteiger partial charge in [0, 0.05) is 38.4 Å². The Hall–Kier alpha value is -1.36. The summed E-state index contributed by atoms with van der Waals surface area (Å²) in [4.78, 5) is 23.6. The Labute approximate surface area is 119 Å². The number of nitrogens with one attached hydrogen (secondary N) is 1. The molecule has 0 radical (unpaired) electrons. The van der Waals surface area contributed by atoms with Gasteiger partial charge in [0.15, 0.2) is 0 Å². The fraction of sp³-hybridized carbons (Fsp3) is 0.733. The van der Waals surface area contributed by atoms with Gasteiger partial charge in [-0.25, -0.2) is 4.79 Å². The molecule has 0 spiro atoms. The van der Waals surface area contributed by atoms with E-state index in [0.717, 1.165) is 22.1 Å². The van der Waals surface area contributed by atoms with E-state index in [0.29, 0.717) is 12.6 Å². The monoisotopic (exact) mass is 279 g/mol. The standard InChI is InChI=1S/C15H25N3O2/c1-10-5-11(2)7-12(6-10)16-9-13-8-14(19)18(4)15(20)17(13)3/h8,10-12,16H,5-7,9H2,1-4H3. The van der Waals surface area contributed by atoms with Gasteiger partial charge in [-0.1, -0.05) is 13.8 Å². The molecule has 1 saturated carbocycles. The van der Waals surface area contributed by atoms with E-state index in [-0.39, 0.29) is 11.2 Å². The van der Waals surface area contributed by atoms with Gasteiger partial charge in [-0.3, -0.25) is 13.9 Å². The van der Waals surface area contributed by atoms with Gasteiger partial charge in [-0.2, -0.15) is 0 Å². The van der Waals surface area contributed by atoms with Crippen LogP contribution in [0.4, 0.5) is 0 Å². The van der Waals surface area contributed by atoms with Crippen molar-refractivity contribution in [2.45, 2.75) is 45.7 Å². The van der Waals surface area contributed by atoms with Gasteiger partial charge in [0.05, 0.1) is 0 Å². The second kappa shape index (κ2) is 5.95. The van der Waals surface area contributed by atoms with E-state index >= 15 is 0 Å². The maximum atomic E-state index is 11.9. The zero-order chi connectivity index (χ0) is 14.9. The van der Waals surface area contributed by atoms with E-state index < -0.39 is 0 Å². The van der Waals surface area contributed by atoms with Crippen LogP contribution in [-0.4, -0.2) is 15.2 Å². The Bertz CT molecular complexity index is 578. The summed E-state index contributed by atoms with van der Waals surface area (Å²) < 4.78 is 2.68. The van der Waals surface area contributed by atoms with Crippen LogP contribution in [0.2, 0.25) is 0 Å². The summed E-state index contributed by atoms with van der Waals surface area (Å²) in [6.45, 7) is 5.16. The molecule has 1 aliphatic rings. The minimum absolute atomic E-state index is 0.240. The molecular weight excluding hydrogens is 254 g/mol. The van der Waals surface area contributed by atoms with Crippen molar-refractivity contribution in [1.82, 2.24) is 14.5 Å². The highest BCUT2D eigenvalue weighted by molar-refractivity contribution is 5.02. The van der Waals surface area contributed by atoms with Crippen molar-refractivity contribution in [3.63, 3.8) is 0 Å². The summed E-state index contributed by atoms with van der Waals surface area (Å²) in [6, 6.07) is 2.03. The Kier molecular flexibility index (Phi) is 4.48. The first-order chi connectivity index (χ1) is 9.38. The van der Waals surface area contributed by atoms with E-state index in [1.165, 1.54) is 26.3 Å². The minimum Gasteiger partial charge on any atom is -0.308 e. The highest BCUT2D eigenvalue weighted by atomic mass is 16.2. The van der Waals surface area contributed by atoms with Gasteiger partial charge in [-0.15, -0.1) is 0 Å². The number of hydrogen-bond acceptors (Lipinski definition) is 3. The zero-order valence-corrected chi connectivity index (χ0v) is 12.8. The molecule has 0 aliphatic heterocycles. The van der Waals surface area contributed by atoms with Crippen LogP contribution >= 0.6 is 0 Å². The van der Waals surface area contributed by atoms with E-state index in [4.69, 9.17) is 0 Å². The smallest absolute Gasteiger partial charge is 0.308 e. The molecule has 1 aromatic heterocycles. The van der Waals surface area contributed by atoms with Crippen molar-refractivity contribution >= 4 is 0 Å². The van der Waals surface area contributed by atoms with Crippen LogP contribution in [0.15, 0.2) is 15.7 Å². The largest absolute Gasteiger partial charge is 0.330 e. The molecule has 0 amide bonds. The van der Waals surface area contributed by atoms with Crippen LogP contribution in [0.1, 0.15) is 38.8 Å². The average molecular weight is 279 g/mol. The van der Waals surface area contributed by atoms with Crippen molar-refractivity contribution in [2.24, 2.45) is 25.9 Å². The van der Waals surface area contributed by atoms with Crippen molar-refractivity contribution in [2.75, 3.05) is 0 Å². The fourth-order valence-corrected chi connectivity index (χ4v) is 3.31. The molecule has 20 heavy (non-hydrogen) atoms. The Balaban J connectivity index is 2.08. The van der Waals surface area contributed by atoms with Crippen molar-refractivity contribution in [3.8, 4) is 0 Å². The van der Waals surface area contributed by atoms with Crippen LogP contribution in [0.5, 0.6) is 0 Å². The number of hydrogen-bond donors (Lipinski definition) is 1. The summed E-state index contributed by atoms with van der Waals surface area (Å²) in [5, 5.41) is 3.51. The van der Waals surface area contributed by atoms with E-state index in [2.05, 4.69) is 19.2 Å². The second-order valence-electron chi connectivity index (χ2n) is 6.37. The van der Waals surface area contributed by atoms with Crippen LogP contribution < -0.4 is 16.6 Å². The van der Waals surface area contributed by atoms with Gasteiger partial charge < -0.3 is 5.32 Å². The minimum atomic E-state index is -0.264. The van der Waals surface area contributed by atoms with Gasteiger partial charge >= 0.3 is 5.69 Å². The quantitative estimate of drug-likeness (QED) is 0.898. The van der Waals surface area contributed by atoms with Gasteiger partial charge in [0.2, 0.25) is 0 Å². The van der Waals surface area contributed by atoms with Gasteiger partial charge in [-0.05, 0) is 31.1 Å². The van der Waals surface area contributed by atoms with Crippen molar-refractivity contribution in [3.05, 3.63) is 32.6 Å². The first-order valence-corrected chi connectivity index (χ1v) is 7.37. The lowest BCUT2D eigenvalue weighted by atomic mass is 9.80. The molecule has 1 fully saturated rings.